The molecule has 0 saturated heterocycles. The fourth-order valence-corrected chi connectivity index (χ4v) is 3.25. The van der Waals surface area contributed by atoms with Gasteiger partial charge in [0.25, 0.3) is 5.56 Å². The van der Waals surface area contributed by atoms with Crippen LogP contribution in [-0.4, -0.2) is 27.6 Å². The van der Waals surface area contributed by atoms with Gasteiger partial charge in [0.05, 0.1) is 16.7 Å². The van der Waals surface area contributed by atoms with Crippen molar-refractivity contribution < 1.29 is 19.4 Å². The third kappa shape index (κ3) is 3.28. The van der Waals surface area contributed by atoms with Crippen molar-refractivity contribution in [3.8, 4) is 0 Å². The standard InChI is InChI=1S/C14H16N2O5S/c1-2-21-14(20)10(5-6-12(17)18)16-13(19)9-4-3-8(15)7-11(9)22-16/h3-4,7,10H,2,5-6,15H2,1H3,(H,17,18). The van der Waals surface area contributed by atoms with E-state index in [0.717, 1.165) is 11.5 Å². The van der Waals surface area contributed by atoms with Crippen molar-refractivity contribution in [2.24, 2.45) is 0 Å². The minimum atomic E-state index is -1.03. The monoisotopic (exact) mass is 324 g/mol. The molecule has 1 heterocycles. The molecule has 2 aromatic rings. The number of aromatic nitrogens is 1. The van der Waals surface area contributed by atoms with Gasteiger partial charge in [-0.2, -0.15) is 0 Å². The lowest BCUT2D eigenvalue weighted by Gasteiger charge is -2.14. The molecule has 0 saturated carbocycles. The molecule has 2 rings (SSSR count). The van der Waals surface area contributed by atoms with Gasteiger partial charge in [-0.1, -0.05) is 11.5 Å². The Bertz CT molecular complexity index is 764. The van der Waals surface area contributed by atoms with Gasteiger partial charge in [-0.15, -0.1) is 0 Å². The molecule has 1 unspecified atom stereocenters. The zero-order valence-corrected chi connectivity index (χ0v) is 12.8. The molecule has 0 aliphatic heterocycles. The van der Waals surface area contributed by atoms with Crippen LogP contribution in [0.4, 0.5) is 5.69 Å². The van der Waals surface area contributed by atoms with Crippen molar-refractivity contribution >= 4 is 39.2 Å². The molecule has 22 heavy (non-hydrogen) atoms. The van der Waals surface area contributed by atoms with E-state index in [1.165, 1.54) is 3.96 Å². The van der Waals surface area contributed by atoms with Gasteiger partial charge in [0.15, 0.2) is 0 Å². The molecular weight excluding hydrogens is 308 g/mol. The molecule has 0 aliphatic carbocycles. The van der Waals surface area contributed by atoms with E-state index in [0.29, 0.717) is 15.8 Å². The minimum Gasteiger partial charge on any atom is -0.481 e. The van der Waals surface area contributed by atoms with Gasteiger partial charge in [0.2, 0.25) is 0 Å². The highest BCUT2D eigenvalue weighted by molar-refractivity contribution is 7.14. The van der Waals surface area contributed by atoms with Crippen LogP contribution >= 0.6 is 11.5 Å². The van der Waals surface area contributed by atoms with Gasteiger partial charge in [-0.05, 0) is 31.5 Å². The number of anilines is 1. The van der Waals surface area contributed by atoms with Gasteiger partial charge in [-0.3, -0.25) is 9.59 Å². The minimum absolute atomic E-state index is 0.00359. The quantitative estimate of drug-likeness (QED) is 0.617. The average molecular weight is 324 g/mol. The number of hydrogen-bond acceptors (Lipinski definition) is 6. The normalized spacial score (nSPS) is 12.2. The summed E-state index contributed by atoms with van der Waals surface area (Å²) in [5, 5.41) is 9.26. The molecule has 118 valence electrons. The molecule has 8 heteroatoms. The number of nitrogens with two attached hydrogens (primary N) is 1. The van der Waals surface area contributed by atoms with Gasteiger partial charge in [-0.25, -0.2) is 8.75 Å². The number of esters is 1. The molecule has 7 nitrogen and oxygen atoms in total. The fraction of sp³-hybridized carbons (Fsp3) is 0.357. The summed E-state index contributed by atoms with van der Waals surface area (Å²) in [5.41, 5.74) is 5.86. The second-order valence-electron chi connectivity index (χ2n) is 4.68. The van der Waals surface area contributed by atoms with Crippen LogP contribution in [0.5, 0.6) is 0 Å². The van der Waals surface area contributed by atoms with E-state index in [1.54, 1.807) is 25.1 Å². The number of carboxylic acid groups (broad SMARTS) is 1. The Morgan fingerprint density at radius 3 is 2.82 bits per heavy atom. The Hall–Kier alpha value is -2.35. The van der Waals surface area contributed by atoms with Crippen LogP contribution in [-0.2, 0) is 14.3 Å². The van der Waals surface area contributed by atoms with Crippen molar-refractivity contribution in [1.82, 2.24) is 3.96 Å². The Morgan fingerprint density at radius 1 is 1.45 bits per heavy atom. The first-order valence-electron chi connectivity index (χ1n) is 6.73. The number of aliphatic carboxylic acids is 1. The molecule has 0 bridgehead atoms. The third-order valence-corrected chi connectivity index (χ3v) is 4.26. The molecule has 0 fully saturated rings. The first kappa shape index (κ1) is 16.0. The maximum absolute atomic E-state index is 12.4. The van der Waals surface area contributed by atoms with E-state index < -0.39 is 18.0 Å². The Kier molecular flexibility index (Phi) is 4.81. The maximum Gasteiger partial charge on any atom is 0.330 e. The lowest BCUT2D eigenvalue weighted by atomic mass is 10.1. The number of carboxylic acids is 1. The number of ether oxygens (including phenoxy) is 1. The summed E-state index contributed by atoms with van der Waals surface area (Å²) in [6, 6.07) is 3.91. The van der Waals surface area contributed by atoms with Crippen LogP contribution in [0.1, 0.15) is 25.8 Å². The number of nitrogen functional groups attached to an aromatic ring is 1. The van der Waals surface area contributed by atoms with E-state index >= 15 is 0 Å². The highest BCUT2D eigenvalue weighted by atomic mass is 32.1. The van der Waals surface area contributed by atoms with Crippen LogP contribution in [0.2, 0.25) is 0 Å². The molecule has 3 N–H and O–H groups in total. The Balaban J connectivity index is 2.46. The second kappa shape index (κ2) is 6.61. The largest absolute Gasteiger partial charge is 0.481 e. The summed E-state index contributed by atoms with van der Waals surface area (Å²) in [6.45, 7) is 1.82. The average Bonchev–Trinajstić information content (AvgIpc) is 2.76. The van der Waals surface area contributed by atoms with E-state index in [-0.39, 0.29) is 25.0 Å². The molecule has 1 aromatic heterocycles. The predicted molar refractivity (Wildman–Crippen MR) is 83.0 cm³/mol. The van der Waals surface area contributed by atoms with Crippen molar-refractivity contribution in [3.63, 3.8) is 0 Å². The molecule has 1 atom stereocenters. The maximum atomic E-state index is 12.4. The lowest BCUT2D eigenvalue weighted by molar-refractivity contribution is -0.147. The summed E-state index contributed by atoms with van der Waals surface area (Å²) in [6.07, 6.45) is -0.233. The van der Waals surface area contributed by atoms with Crippen molar-refractivity contribution in [3.05, 3.63) is 28.6 Å². The van der Waals surface area contributed by atoms with Crippen molar-refractivity contribution in [2.45, 2.75) is 25.8 Å². The van der Waals surface area contributed by atoms with E-state index in [2.05, 4.69) is 0 Å². The zero-order chi connectivity index (χ0) is 16.3. The third-order valence-electron chi connectivity index (χ3n) is 3.11. The first-order valence-corrected chi connectivity index (χ1v) is 7.50. The molecular formula is C14H16N2O5S. The number of nitrogens with zero attached hydrogens (tertiary/aromatic N) is 1. The molecule has 0 radical (unpaired) electrons. The van der Waals surface area contributed by atoms with Crippen LogP contribution in [0.25, 0.3) is 10.1 Å². The Labute approximate surface area is 130 Å². The summed E-state index contributed by atoms with van der Waals surface area (Å²) in [5.74, 6) is -1.64. The summed E-state index contributed by atoms with van der Waals surface area (Å²) >= 11 is 1.08. The van der Waals surface area contributed by atoms with Crippen LogP contribution in [0.3, 0.4) is 0 Å². The molecule has 0 amide bonds. The number of rotatable bonds is 6. The summed E-state index contributed by atoms with van der Waals surface area (Å²) < 4.78 is 6.87. The molecule has 1 aromatic carbocycles. The number of hydrogen-bond donors (Lipinski definition) is 2. The summed E-state index contributed by atoms with van der Waals surface area (Å²) in [7, 11) is 0. The van der Waals surface area contributed by atoms with E-state index in [4.69, 9.17) is 15.6 Å². The smallest absolute Gasteiger partial charge is 0.330 e. The van der Waals surface area contributed by atoms with Gasteiger partial charge >= 0.3 is 11.9 Å². The van der Waals surface area contributed by atoms with Gasteiger partial charge in [0.1, 0.15) is 6.04 Å². The van der Waals surface area contributed by atoms with E-state index in [1.807, 2.05) is 0 Å². The number of carbonyl (C=O) groups is 2. The van der Waals surface area contributed by atoms with Gasteiger partial charge in [0, 0.05) is 12.1 Å². The topological polar surface area (TPSA) is 112 Å². The van der Waals surface area contributed by atoms with Crippen LogP contribution < -0.4 is 11.3 Å². The number of benzene rings is 1. The van der Waals surface area contributed by atoms with E-state index in [9.17, 15) is 14.4 Å². The lowest BCUT2D eigenvalue weighted by Crippen LogP contribution is -2.28. The molecule has 0 spiro atoms. The van der Waals surface area contributed by atoms with Crippen molar-refractivity contribution in [1.29, 1.82) is 0 Å². The highest BCUT2D eigenvalue weighted by Gasteiger charge is 2.26. The summed E-state index contributed by atoms with van der Waals surface area (Å²) in [4.78, 5) is 35.2. The Morgan fingerprint density at radius 2 is 2.18 bits per heavy atom. The van der Waals surface area contributed by atoms with Gasteiger partial charge < -0.3 is 15.6 Å². The fourth-order valence-electron chi connectivity index (χ4n) is 2.09. The zero-order valence-electron chi connectivity index (χ0n) is 11.9. The molecule has 0 aliphatic rings. The van der Waals surface area contributed by atoms with Crippen LogP contribution in [0.15, 0.2) is 23.0 Å². The SMILES string of the molecule is CCOC(=O)C(CCC(=O)O)n1sc2cc(N)ccc2c1=O. The first-order chi connectivity index (χ1) is 10.4. The highest BCUT2D eigenvalue weighted by Crippen LogP contribution is 2.25. The van der Waals surface area contributed by atoms with Crippen molar-refractivity contribution in [2.75, 3.05) is 12.3 Å². The number of carbonyl (C=O) groups excluding carboxylic acids is 1. The predicted octanol–water partition coefficient (Wildman–Crippen LogP) is 1.61. The second-order valence-corrected chi connectivity index (χ2v) is 5.69. The van der Waals surface area contributed by atoms with Crippen LogP contribution in [0, 0.1) is 0 Å². The number of fused-ring (bicyclic) bond motifs is 1.